The maximum Gasteiger partial charge on any atom is 0.169 e. The van der Waals surface area contributed by atoms with Crippen molar-refractivity contribution >= 4 is 0 Å². The van der Waals surface area contributed by atoms with Crippen molar-refractivity contribution in [2.45, 2.75) is 0 Å². The third-order valence-corrected chi connectivity index (χ3v) is 0.634. The predicted molar refractivity (Wildman–Crippen MR) is 24.4 cm³/mol. The summed E-state index contributed by atoms with van der Waals surface area (Å²) in [6.07, 6.45) is 2.31. The van der Waals surface area contributed by atoms with Gasteiger partial charge in [0, 0.05) is 11.2 Å². The standard InChI is InChI=1S/C3H3N3O2/c7-5-3-1-2-4-6(5)8/h1-3H. The van der Waals surface area contributed by atoms with Crippen LogP contribution in [0.2, 0.25) is 0 Å². The number of nitrogens with zero attached hydrogens (tertiary/aromatic N) is 3. The van der Waals surface area contributed by atoms with Gasteiger partial charge in [0.1, 0.15) is 0 Å². The van der Waals surface area contributed by atoms with Crippen molar-refractivity contribution in [3.05, 3.63) is 28.6 Å². The summed E-state index contributed by atoms with van der Waals surface area (Å²) in [5.74, 6) is 0. The van der Waals surface area contributed by atoms with Gasteiger partial charge in [-0.2, -0.15) is 0 Å². The lowest BCUT2D eigenvalue weighted by Crippen LogP contribution is -2.28. The molecule has 1 aromatic heterocycles. The minimum atomic E-state index is -0.0556. The third-order valence-electron chi connectivity index (χ3n) is 0.634. The first-order valence-electron chi connectivity index (χ1n) is 1.95. The van der Waals surface area contributed by atoms with Crippen LogP contribution in [0.3, 0.4) is 0 Å². The smallest absolute Gasteiger partial charge is 0.169 e. The van der Waals surface area contributed by atoms with E-state index < -0.39 is 0 Å². The van der Waals surface area contributed by atoms with Gasteiger partial charge in [-0.15, -0.1) is 0 Å². The van der Waals surface area contributed by atoms with E-state index >= 15 is 0 Å². The zero-order chi connectivity index (χ0) is 5.98. The van der Waals surface area contributed by atoms with Crippen LogP contribution in [-0.4, -0.2) is 10.1 Å². The molecule has 0 aliphatic rings. The molecule has 0 N–H and O–H groups in total. The van der Waals surface area contributed by atoms with Gasteiger partial charge in [0.15, 0.2) is 12.4 Å². The van der Waals surface area contributed by atoms with Gasteiger partial charge in [-0.3, -0.25) is 0 Å². The molecule has 1 heterocycles. The molecule has 0 bridgehead atoms. The Kier molecular flexibility index (Phi) is 0.957. The van der Waals surface area contributed by atoms with E-state index in [9.17, 15) is 10.1 Å². The highest BCUT2D eigenvalue weighted by atomic mass is 16.6. The Hall–Kier alpha value is -1.39. The molecule has 0 radical (unpaired) electrons. The average molecular weight is 113 g/mol. The van der Waals surface area contributed by atoms with E-state index in [0.717, 1.165) is 6.20 Å². The minimum Gasteiger partial charge on any atom is -0.738 e. The van der Waals surface area contributed by atoms with Crippen molar-refractivity contribution in [2.75, 3.05) is 0 Å². The molecule has 1 aromatic rings. The monoisotopic (exact) mass is 113 g/mol. The molecule has 0 aliphatic heterocycles. The lowest BCUT2D eigenvalue weighted by atomic mass is 10.7. The second kappa shape index (κ2) is 1.61. The number of hydrogen-bond acceptors (Lipinski definition) is 3. The lowest BCUT2D eigenvalue weighted by molar-refractivity contribution is -0.595. The fourth-order valence-electron chi connectivity index (χ4n) is 0.316. The molecule has 42 valence electrons. The van der Waals surface area contributed by atoms with Crippen LogP contribution in [0.1, 0.15) is 0 Å². The van der Waals surface area contributed by atoms with Crippen molar-refractivity contribution in [1.82, 2.24) is 10.1 Å². The Morgan fingerprint density at radius 2 is 2.50 bits per heavy atom. The minimum absolute atomic E-state index is 0.0556. The molecule has 8 heavy (non-hydrogen) atoms. The molecule has 5 nitrogen and oxygen atoms in total. The topological polar surface area (TPSA) is 63.8 Å². The van der Waals surface area contributed by atoms with Crippen molar-refractivity contribution in [3.63, 3.8) is 0 Å². The Balaban J connectivity index is 3.35. The van der Waals surface area contributed by atoms with E-state index in [1.807, 2.05) is 0 Å². The van der Waals surface area contributed by atoms with E-state index in [1.54, 1.807) is 0 Å². The van der Waals surface area contributed by atoms with E-state index in [2.05, 4.69) is 5.10 Å². The molecule has 0 fully saturated rings. The first kappa shape index (κ1) is 4.76. The fraction of sp³-hybridized carbons (Fsp3) is 0. The summed E-state index contributed by atoms with van der Waals surface area (Å²) < 4.78 is 0.0833. The zero-order valence-corrected chi connectivity index (χ0v) is 3.89. The highest BCUT2D eigenvalue weighted by molar-refractivity contribution is 4.66. The Morgan fingerprint density at radius 3 is 2.88 bits per heavy atom. The highest BCUT2D eigenvalue weighted by Gasteiger charge is 1.84. The Bertz CT molecular complexity index is 230. The van der Waals surface area contributed by atoms with Gasteiger partial charge >= 0.3 is 0 Å². The third kappa shape index (κ3) is 0.651. The second-order valence-corrected chi connectivity index (χ2v) is 1.16. The van der Waals surface area contributed by atoms with E-state index in [0.29, 0.717) is 0 Å². The maximum absolute atomic E-state index is 10.1. The molecule has 0 spiro atoms. The Labute approximate surface area is 44.3 Å². The van der Waals surface area contributed by atoms with Gasteiger partial charge in [-0.1, -0.05) is 0 Å². The quantitative estimate of drug-likeness (QED) is 0.411. The molecule has 0 unspecified atom stereocenters. The molecule has 1 rings (SSSR count). The van der Waals surface area contributed by atoms with Gasteiger partial charge < -0.3 is 5.21 Å². The molecule has 0 saturated heterocycles. The average Bonchev–Trinajstić information content (AvgIpc) is 1.77. The number of rotatable bonds is 0. The maximum atomic E-state index is 10.1. The first-order valence-corrected chi connectivity index (χ1v) is 1.95. The van der Waals surface area contributed by atoms with Gasteiger partial charge in [0.2, 0.25) is 0 Å². The van der Waals surface area contributed by atoms with Crippen LogP contribution < -0.4 is 4.54 Å². The molecule has 0 atom stereocenters. The number of hydrogen-bond donors (Lipinski definition) is 0. The Morgan fingerprint density at radius 1 is 1.75 bits per heavy atom. The molecule has 0 aromatic carbocycles. The van der Waals surface area contributed by atoms with Crippen LogP contribution in [-0.2, 0) is 0 Å². The molecular formula is C3H3N3O2. The largest absolute Gasteiger partial charge is 0.738 e. The molecular weight excluding hydrogens is 110 g/mol. The van der Waals surface area contributed by atoms with Crippen LogP contribution in [0.4, 0.5) is 0 Å². The van der Waals surface area contributed by atoms with Gasteiger partial charge in [-0.25, -0.2) is 0 Å². The summed E-state index contributed by atoms with van der Waals surface area (Å²) in [6.45, 7) is 0. The van der Waals surface area contributed by atoms with E-state index in [1.165, 1.54) is 12.3 Å². The zero-order valence-electron chi connectivity index (χ0n) is 3.89. The highest BCUT2D eigenvalue weighted by Crippen LogP contribution is 1.64. The molecule has 5 heteroatoms. The van der Waals surface area contributed by atoms with Crippen molar-refractivity contribution < 1.29 is 4.54 Å². The molecule has 0 saturated carbocycles. The van der Waals surface area contributed by atoms with E-state index in [4.69, 9.17) is 0 Å². The van der Waals surface area contributed by atoms with Crippen LogP contribution in [0.15, 0.2) is 18.5 Å². The van der Waals surface area contributed by atoms with Gasteiger partial charge in [0.25, 0.3) is 0 Å². The predicted octanol–water partition coefficient (Wildman–Crippen LogP) is -0.856. The van der Waals surface area contributed by atoms with Crippen LogP contribution >= 0.6 is 0 Å². The summed E-state index contributed by atoms with van der Waals surface area (Å²) in [5, 5.41) is 13.2. The van der Waals surface area contributed by atoms with Crippen LogP contribution in [0.25, 0.3) is 0 Å². The summed E-state index contributed by atoms with van der Waals surface area (Å²) in [5.41, 5.74) is 0. The second-order valence-electron chi connectivity index (χ2n) is 1.16. The lowest BCUT2D eigenvalue weighted by Gasteiger charge is -1.89. The van der Waals surface area contributed by atoms with Crippen LogP contribution in [0, 0.1) is 10.1 Å². The van der Waals surface area contributed by atoms with Crippen LogP contribution in [0.5, 0.6) is 0 Å². The first-order chi connectivity index (χ1) is 3.80. The van der Waals surface area contributed by atoms with Gasteiger partial charge in [-0.05, 0) is 9.87 Å². The van der Waals surface area contributed by atoms with Crippen molar-refractivity contribution in [1.29, 1.82) is 0 Å². The van der Waals surface area contributed by atoms with Crippen molar-refractivity contribution in [2.24, 2.45) is 0 Å². The molecule has 0 amide bonds. The summed E-state index contributed by atoms with van der Waals surface area (Å²) in [7, 11) is 0. The fourth-order valence-corrected chi connectivity index (χ4v) is 0.316. The summed E-state index contributed by atoms with van der Waals surface area (Å²) >= 11 is 0. The summed E-state index contributed by atoms with van der Waals surface area (Å²) in [4.78, 5) is 10.1. The van der Waals surface area contributed by atoms with Crippen molar-refractivity contribution in [3.8, 4) is 0 Å². The molecule has 0 aliphatic carbocycles. The number of aromatic nitrogens is 3. The summed E-state index contributed by atoms with van der Waals surface area (Å²) in [6, 6.07) is 1.38. The normalized spacial score (nSPS) is 9.00. The SMILES string of the molecule is O=[n+]1cccnn1[O-]. The van der Waals surface area contributed by atoms with Gasteiger partial charge in [0.05, 0.1) is 4.54 Å². The van der Waals surface area contributed by atoms with E-state index in [-0.39, 0.29) is 9.50 Å².